The molecule has 3 heterocycles. The fourth-order valence-corrected chi connectivity index (χ4v) is 3.30. The zero-order chi connectivity index (χ0) is 19.0. The minimum absolute atomic E-state index is 0.130. The lowest BCUT2D eigenvalue weighted by molar-refractivity contribution is -0.116. The molecule has 27 heavy (non-hydrogen) atoms. The summed E-state index contributed by atoms with van der Waals surface area (Å²) in [6.45, 7) is 4.26. The van der Waals surface area contributed by atoms with Gasteiger partial charge in [0.1, 0.15) is 5.52 Å². The van der Waals surface area contributed by atoms with E-state index in [1.807, 2.05) is 60.8 Å². The highest BCUT2D eigenvalue weighted by Crippen LogP contribution is 2.18. The van der Waals surface area contributed by atoms with Gasteiger partial charge in [-0.2, -0.15) is 0 Å². The molecule has 0 saturated heterocycles. The van der Waals surface area contributed by atoms with Gasteiger partial charge in [-0.1, -0.05) is 12.1 Å². The van der Waals surface area contributed by atoms with Crippen molar-refractivity contribution in [3.05, 3.63) is 76.3 Å². The van der Waals surface area contributed by atoms with Gasteiger partial charge >= 0.3 is 0 Å². The molecule has 0 saturated carbocycles. The highest BCUT2D eigenvalue weighted by Gasteiger charge is 2.13. The van der Waals surface area contributed by atoms with Gasteiger partial charge in [0.2, 0.25) is 5.91 Å². The average molecular weight is 360 g/mol. The van der Waals surface area contributed by atoms with Crippen LogP contribution in [-0.4, -0.2) is 19.9 Å². The van der Waals surface area contributed by atoms with Crippen LogP contribution < -0.4 is 10.9 Å². The molecule has 0 spiro atoms. The molecule has 0 bridgehead atoms. The molecule has 0 fully saturated rings. The summed E-state index contributed by atoms with van der Waals surface area (Å²) in [7, 11) is 0. The number of pyridine rings is 1. The smallest absolute Gasteiger partial charge is 0.276 e. The van der Waals surface area contributed by atoms with Gasteiger partial charge in [0.15, 0.2) is 5.65 Å². The quantitative estimate of drug-likeness (QED) is 0.607. The summed E-state index contributed by atoms with van der Waals surface area (Å²) in [6, 6.07) is 13.2. The molecule has 4 rings (SSSR count). The Balaban J connectivity index is 1.63. The van der Waals surface area contributed by atoms with E-state index in [2.05, 4.69) is 10.3 Å². The minimum Gasteiger partial charge on any atom is -0.326 e. The van der Waals surface area contributed by atoms with Crippen molar-refractivity contribution in [2.75, 3.05) is 5.32 Å². The molecule has 0 aliphatic rings. The van der Waals surface area contributed by atoms with Crippen molar-refractivity contribution < 1.29 is 4.79 Å². The Kier molecular flexibility index (Phi) is 4.24. The number of fused-ring (bicyclic) bond motifs is 3. The summed E-state index contributed by atoms with van der Waals surface area (Å²) in [5.41, 5.74) is 4.81. The highest BCUT2D eigenvalue weighted by atomic mass is 16.2. The van der Waals surface area contributed by atoms with Crippen LogP contribution in [-0.2, 0) is 11.3 Å². The van der Waals surface area contributed by atoms with Crippen LogP contribution in [0.4, 0.5) is 5.69 Å². The first-order chi connectivity index (χ1) is 13.1. The Morgan fingerprint density at radius 1 is 1.07 bits per heavy atom. The summed E-state index contributed by atoms with van der Waals surface area (Å²) in [4.78, 5) is 29.7. The Labute approximate surface area is 156 Å². The molecule has 0 aliphatic carbocycles. The lowest BCUT2D eigenvalue weighted by Crippen LogP contribution is -2.26. The first-order valence-corrected chi connectivity index (χ1v) is 8.87. The van der Waals surface area contributed by atoms with E-state index in [4.69, 9.17) is 0 Å². The number of hydrogen-bond acceptors (Lipinski definition) is 3. The van der Waals surface area contributed by atoms with Crippen LogP contribution in [0.15, 0.2) is 59.7 Å². The fourth-order valence-electron chi connectivity index (χ4n) is 3.30. The van der Waals surface area contributed by atoms with Crippen molar-refractivity contribution in [2.45, 2.75) is 26.8 Å². The average Bonchev–Trinajstić information content (AvgIpc) is 3.16. The molecule has 136 valence electrons. The topological polar surface area (TPSA) is 68.4 Å². The first-order valence-electron chi connectivity index (χ1n) is 8.87. The third-order valence-electron chi connectivity index (χ3n) is 4.94. The standard InChI is InChI=1S/C21H20N4O2/c1-14-6-3-7-16(15(14)2)23-19(26)10-13-25-20-17(8-4-11-22-20)24-12-5-9-18(24)21(25)27/h3-9,11-12H,10,13H2,1-2H3,(H,23,26). The van der Waals surface area contributed by atoms with Crippen LogP contribution in [0.25, 0.3) is 16.7 Å². The molecule has 0 aliphatic heterocycles. The molecular weight excluding hydrogens is 340 g/mol. The van der Waals surface area contributed by atoms with E-state index in [9.17, 15) is 9.59 Å². The molecule has 0 atom stereocenters. The predicted molar refractivity (Wildman–Crippen MR) is 106 cm³/mol. The summed E-state index contributed by atoms with van der Waals surface area (Å²) < 4.78 is 3.41. The zero-order valence-electron chi connectivity index (χ0n) is 15.3. The minimum atomic E-state index is -0.147. The first kappa shape index (κ1) is 17.0. The zero-order valence-corrected chi connectivity index (χ0v) is 15.3. The number of anilines is 1. The van der Waals surface area contributed by atoms with Crippen molar-refractivity contribution >= 4 is 28.3 Å². The van der Waals surface area contributed by atoms with Gasteiger partial charge in [0.05, 0.1) is 5.52 Å². The molecule has 1 amide bonds. The second-order valence-corrected chi connectivity index (χ2v) is 6.61. The molecule has 6 nitrogen and oxygen atoms in total. The van der Waals surface area contributed by atoms with Crippen LogP contribution >= 0.6 is 0 Å². The van der Waals surface area contributed by atoms with Gasteiger partial charge in [-0.05, 0) is 55.3 Å². The number of nitrogens with one attached hydrogen (secondary N) is 1. The number of hydrogen-bond donors (Lipinski definition) is 1. The normalized spacial score (nSPS) is 11.2. The van der Waals surface area contributed by atoms with Crippen LogP contribution in [0.3, 0.4) is 0 Å². The van der Waals surface area contributed by atoms with Crippen LogP contribution in [0, 0.1) is 13.8 Å². The second kappa shape index (κ2) is 6.72. The van der Waals surface area contributed by atoms with E-state index in [1.54, 1.807) is 16.8 Å². The Morgan fingerprint density at radius 2 is 1.89 bits per heavy atom. The van der Waals surface area contributed by atoms with Crippen molar-refractivity contribution in [2.24, 2.45) is 0 Å². The number of amides is 1. The Hall–Kier alpha value is -3.41. The van der Waals surface area contributed by atoms with Gasteiger partial charge in [-0.25, -0.2) is 4.98 Å². The third-order valence-corrected chi connectivity index (χ3v) is 4.94. The third kappa shape index (κ3) is 2.99. The summed E-state index contributed by atoms with van der Waals surface area (Å²) in [5, 5.41) is 2.94. The van der Waals surface area contributed by atoms with Gasteiger partial charge in [0, 0.05) is 31.0 Å². The van der Waals surface area contributed by atoms with Gasteiger partial charge in [-0.15, -0.1) is 0 Å². The number of rotatable bonds is 4. The fraction of sp³-hybridized carbons (Fsp3) is 0.190. The Morgan fingerprint density at radius 3 is 2.74 bits per heavy atom. The summed E-state index contributed by atoms with van der Waals surface area (Å²) >= 11 is 0. The monoisotopic (exact) mass is 360 g/mol. The molecule has 4 aromatic rings. The molecule has 1 aromatic carbocycles. The van der Waals surface area contributed by atoms with Crippen molar-refractivity contribution in [3.8, 4) is 0 Å². The van der Waals surface area contributed by atoms with E-state index < -0.39 is 0 Å². The lowest BCUT2D eigenvalue weighted by Gasteiger charge is -2.13. The SMILES string of the molecule is Cc1cccc(NC(=O)CCn2c(=O)c3cccn3c3cccnc32)c1C. The Bertz CT molecular complexity index is 1220. The van der Waals surface area contributed by atoms with E-state index in [-0.39, 0.29) is 24.4 Å². The maximum atomic E-state index is 12.8. The molecule has 1 N–H and O–H groups in total. The van der Waals surface area contributed by atoms with Gasteiger partial charge in [0.25, 0.3) is 5.56 Å². The predicted octanol–water partition coefficient (Wildman–Crippen LogP) is 3.29. The maximum Gasteiger partial charge on any atom is 0.276 e. The highest BCUT2D eigenvalue weighted by molar-refractivity contribution is 5.91. The summed E-state index contributed by atoms with van der Waals surface area (Å²) in [6.07, 6.45) is 3.69. The van der Waals surface area contributed by atoms with Crippen LogP contribution in [0.2, 0.25) is 0 Å². The van der Waals surface area contributed by atoms with E-state index >= 15 is 0 Å². The molecule has 3 aromatic heterocycles. The van der Waals surface area contributed by atoms with Crippen LogP contribution in [0.1, 0.15) is 17.5 Å². The molecule has 0 radical (unpaired) electrons. The van der Waals surface area contributed by atoms with Gasteiger partial charge in [-0.3, -0.25) is 14.2 Å². The largest absolute Gasteiger partial charge is 0.326 e. The van der Waals surface area contributed by atoms with Crippen molar-refractivity contribution in [3.63, 3.8) is 0 Å². The van der Waals surface area contributed by atoms with E-state index in [1.165, 1.54) is 0 Å². The molecular formula is C21H20N4O2. The number of nitrogens with zero attached hydrogens (tertiary/aromatic N) is 3. The summed E-state index contributed by atoms with van der Waals surface area (Å²) in [5.74, 6) is -0.130. The van der Waals surface area contributed by atoms with Crippen molar-refractivity contribution in [1.82, 2.24) is 14.0 Å². The van der Waals surface area contributed by atoms with Gasteiger partial charge < -0.3 is 9.72 Å². The second-order valence-electron chi connectivity index (χ2n) is 6.61. The lowest BCUT2D eigenvalue weighted by atomic mass is 10.1. The number of benzene rings is 1. The number of aryl methyl sites for hydroxylation is 2. The number of carbonyl (C=O) groups is 1. The maximum absolute atomic E-state index is 12.8. The number of aromatic nitrogens is 3. The molecule has 6 heteroatoms. The van der Waals surface area contributed by atoms with E-state index in [0.29, 0.717) is 11.2 Å². The number of carbonyl (C=O) groups excluding carboxylic acids is 1. The van der Waals surface area contributed by atoms with Crippen LogP contribution in [0.5, 0.6) is 0 Å². The molecule has 0 unspecified atom stereocenters. The van der Waals surface area contributed by atoms with Crippen molar-refractivity contribution in [1.29, 1.82) is 0 Å². The van der Waals surface area contributed by atoms with E-state index in [0.717, 1.165) is 22.3 Å².